The molecule has 1 N–H and O–H groups in total. The highest BCUT2D eigenvalue weighted by Crippen LogP contribution is 2.43. The molecule has 12 nitrogen and oxygen atoms in total. The second-order valence-electron chi connectivity index (χ2n) is 12.0. The van der Waals surface area contributed by atoms with Crippen LogP contribution in [0.3, 0.4) is 0 Å². The number of methoxy groups -OCH3 is 1. The van der Waals surface area contributed by atoms with E-state index in [-0.39, 0.29) is 19.1 Å². The number of aryl methyl sites for hydroxylation is 1. The molecule has 0 atom stereocenters. The van der Waals surface area contributed by atoms with E-state index >= 15 is 0 Å². The van der Waals surface area contributed by atoms with E-state index in [0.29, 0.717) is 46.7 Å². The summed E-state index contributed by atoms with van der Waals surface area (Å²) in [7, 11) is 9.26. The summed E-state index contributed by atoms with van der Waals surface area (Å²) in [6, 6.07) is 24.4. The Labute approximate surface area is 302 Å². The van der Waals surface area contributed by atoms with Gasteiger partial charge in [0.15, 0.2) is 0 Å². The topological polar surface area (TPSA) is 124 Å². The number of hydrogen-bond acceptors (Lipinski definition) is 10. The largest absolute Gasteiger partial charge is 0.494 e. The molecular weight excluding hydrogens is 668 g/mol. The molecule has 0 bridgehead atoms. The first-order chi connectivity index (χ1) is 24.1. The SMILES string of the molecule is C.COc1cc(N(C)CCN(C)C)c([N+](=O)[O-])cc1Nc1nccc(-c2c(-c3ccc(OCc4ccccn4)c(Cl)c3)n(C)c3ccccc23)n1. The molecule has 6 rings (SSSR count). The van der Waals surface area contributed by atoms with Gasteiger partial charge in [0.1, 0.15) is 23.8 Å². The quantitative estimate of drug-likeness (QED) is 0.0927. The van der Waals surface area contributed by atoms with Crippen molar-refractivity contribution in [2.45, 2.75) is 14.0 Å². The summed E-state index contributed by atoms with van der Waals surface area (Å²) in [5.41, 5.74) is 5.84. The van der Waals surface area contributed by atoms with Crippen LogP contribution in [0.2, 0.25) is 5.02 Å². The van der Waals surface area contributed by atoms with Crippen LogP contribution < -0.4 is 19.7 Å². The molecule has 3 aromatic carbocycles. The highest BCUT2D eigenvalue weighted by Gasteiger charge is 2.24. The van der Waals surface area contributed by atoms with Crippen LogP contribution in [-0.4, -0.2) is 70.7 Å². The van der Waals surface area contributed by atoms with Gasteiger partial charge in [-0.05, 0) is 56.6 Å². The Balaban J connectivity index is 0.00000504. The number of fused-ring (bicyclic) bond motifs is 1. The molecule has 13 heteroatoms. The van der Waals surface area contributed by atoms with Gasteiger partial charge in [0, 0.05) is 73.7 Å². The lowest BCUT2D eigenvalue weighted by Gasteiger charge is -2.22. The zero-order chi connectivity index (χ0) is 35.4. The van der Waals surface area contributed by atoms with Crippen LogP contribution in [0.4, 0.5) is 23.0 Å². The number of pyridine rings is 1. The highest BCUT2D eigenvalue weighted by molar-refractivity contribution is 6.32. The Morgan fingerprint density at radius 3 is 2.43 bits per heavy atom. The predicted octanol–water partition coefficient (Wildman–Crippen LogP) is 8.22. The van der Waals surface area contributed by atoms with Crippen LogP contribution in [0.25, 0.3) is 33.4 Å². The third kappa shape index (κ3) is 7.87. The minimum absolute atomic E-state index is 0. The number of aromatic nitrogens is 4. The Hall–Kier alpha value is -5.72. The number of nitro benzene ring substituents is 1. The normalized spacial score (nSPS) is 11.0. The van der Waals surface area contributed by atoms with Crippen molar-refractivity contribution in [3.05, 3.63) is 112 Å². The monoisotopic (exact) mass is 708 g/mol. The van der Waals surface area contributed by atoms with Crippen molar-refractivity contribution in [3.8, 4) is 34.0 Å². The van der Waals surface area contributed by atoms with E-state index < -0.39 is 4.92 Å². The number of nitrogens with zero attached hydrogens (tertiary/aromatic N) is 7. The highest BCUT2D eigenvalue weighted by atomic mass is 35.5. The Kier molecular flexibility index (Phi) is 11.4. The van der Waals surface area contributed by atoms with E-state index in [1.807, 2.05) is 98.7 Å². The lowest BCUT2D eigenvalue weighted by Crippen LogP contribution is -2.28. The van der Waals surface area contributed by atoms with Crippen LogP contribution in [0.1, 0.15) is 13.1 Å². The van der Waals surface area contributed by atoms with E-state index in [2.05, 4.69) is 25.9 Å². The van der Waals surface area contributed by atoms with Crippen molar-refractivity contribution in [2.75, 3.05) is 51.6 Å². The molecule has 3 aromatic heterocycles. The van der Waals surface area contributed by atoms with Crippen LogP contribution in [0.15, 0.2) is 91.3 Å². The number of anilines is 3. The van der Waals surface area contributed by atoms with E-state index in [1.54, 1.807) is 18.5 Å². The van der Waals surface area contributed by atoms with Gasteiger partial charge in [0.2, 0.25) is 5.95 Å². The summed E-state index contributed by atoms with van der Waals surface area (Å²) in [6.07, 6.45) is 3.38. The molecule has 0 saturated carbocycles. The van der Waals surface area contributed by atoms with Crippen LogP contribution in [-0.2, 0) is 13.7 Å². The zero-order valence-corrected chi connectivity index (χ0v) is 29.2. The van der Waals surface area contributed by atoms with Gasteiger partial charge in [-0.25, -0.2) is 9.97 Å². The van der Waals surface area contributed by atoms with Crippen molar-refractivity contribution in [1.82, 2.24) is 24.4 Å². The third-order valence-corrected chi connectivity index (χ3v) is 8.65. The van der Waals surface area contributed by atoms with E-state index in [0.717, 1.165) is 40.0 Å². The standard InChI is InChI=1S/C37H37ClN8O4.CH4/c1-43(2)18-19-44(3)31-22-34(49-5)29(21-32(31)46(47)48)42-37-40-17-15-28(41-37)35-26-11-6-7-12-30(26)45(4)36(35)24-13-14-33(27(38)20-24)50-23-25-10-8-9-16-39-25;/h6-17,20-22H,18-19,23H2,1-5H3,(H,40,41,42);1H4. The molecule has 3 heterocycles. The van der Waals surface area contributed by atoms with E-state index in [1.165, 1.54) is 13.2 Å². The first kappa shape index (κ1) is 36.6. The fraction of sp³-hybridized carbons (Fsp3) is 0.237. The molecule has 0 aliphatic heterocycles. The van der Waals surface area contributed by atoms with Crippen molar-refractivity contribution in [2.24, 2.45) is 7.05 Å². The summed E-state index contributed by atoms with van der Waals surface area (Å²) < 4.78 is 13.8. The molecule has 0 amide bonds. The number of nitro groups is 1. The third-order valence-electron chi connectivity index (χ3n) is 8.36. The Morgan fingerprint density at radius 2 is 1.73 bits per heavy atom. The molecule has 0 spiro atoms. The summed E-state index contributed by atoms with van der Waals surface area (Å²) in [5.74, 6) is 1.22. The van der Waals surface area contributed by atoms with Crippen molar-refractivity contribution in [1.29, 1.82) is 0 Å². The number of rotatable bonds is 13. The van der Waals surface area contributed by atoms with Gasteiger partial charge in [-0.15, -0.1) is 0 Å². The first-order valence-electron chi connectivity index (χ1n) is 15.9. The number of benzene rings is 3. The van der Waals surface area contributed by atoms with E-state index in [9.17, 15) is 10.1 Å². The molecule has 0 unspecified atom stereocenters. The van der Waals surface area contributed by atoms with E-state index in [4.69, 9.17) is 26.1 Å². The molecule has 0 fully saturated rings. The second kappa shape index (κ2) is 15.9. The fourth-order valence-corrected chi connectivity index (χ4v) is 6.05. The summed E-state index contributed by atoms with van der Waals surface area (Å²) in [6.45, 7) is 1.61. The van der Waals surface area contributed by atoms with Gasteiger partial charge in [-0.3, -0.25) is 15.1 Å². The number of halogens is 1. The minimum Gasteiger partial charge on any atom is -0.494 e. The molecule has 0 aliphatic rings. The summed E-state index contributed by atoms with van der Waals surface area (Å²) in [4.78, 5) is 29.4. The number of para-hydroxylation sites is 1. The zero-order valence-electron chi connectivity index (χ0n) is 28.4. The lowest BCUT2D eigenvalue weighted by molar-refractivity contribution is -0.384. The average molecular weight is 709 g/mol. The Bertz CT molecular complexity index is 2160. The van der Waals surface area contributed by atoms with Gasteiger partial charge >= 0.3 is 0 Å². The molecule has 0 radical (unpaired) electrons. The number of hydrogen-bond donors (Lipinski definition) is 1. The first-order valence-corrected chi connectivity index (χ1v) is 16.2. The fourth-order valence-electron chi connectivity index (χ4n) is 5.82. The maximum atomic E-state index is 12.2. The maximum Gasteiger partial charge on any atom is 0.294 e. The van der Waals surface area contributed by atoms with Gasteiger partial charge < -0.3 is 29.2 Å². The van der Waals surface area contributed by atoms with Crippen LogP contribution in [0, 0.1) is 10.1 Å². The molecular formula is C38H41ClN8O4. The van der Waals surface area contributed by atoms with Gasteiger partial charge in [0.25, 0.3) is 5.69 Å². The number of likely N-dealkylation sites (N-methyl/N-ethyl adjacent to an activating group) is 2. The summed E-state index contributed by atoms with van der Waals surface area (Å²) in [5, 5.41) is 16.8. The lowest BCUT2D eigenvalue weighted by atomic mass is 10.0. The molecule has 0 saturated heterocycles. The van der Waals surface area contributed by atoms with Crippen molar-refractivity contribution < 1.29 is 14.4 Å². The maximum absolute atomic E-state index is 12.2. The minimum atomic E-state index is -0.397. The van der Waals surface area contributed by atoms with Crippen molar-refractivity contribution in [3.63, 3.8) is 0 Å². The van der Waals surface area contributed by atoms with Gasteiger partial charge in [-0.2, -0.15) is 0 Å². The van der Waals surface area contributed by atoms with Gasteiger partial charge in [-0.1, -0.05) is 43.3 Å². The number of nitrogens with one attached hydrogen (secondary N) is 1. The molecule has 6 aromatic rings. The number of ether oxygens (including phenoxy) is 2. The smallest absolute Gasteiger partial charge is 0.294 e. The van der Waals surface area contributed by atoms with Crippen LogP contribution >= 0.6 is 11.6 Å². The second-order valence-corrected chi connectivity index (χ2v) is 12.4. The molecule has 264 valence electrons. The Morgan fingerprint density at radius 1 is 0.941 bits per heavy atom. The molecule has 51 heavy (non-hydrogen) atoms. The van der Waals surface area contributed by atoms with Crippen molar-refractivity contribution >= 4 is 45.5 Å². The van der Waals surface area contributed by atoms with Crippen LogP contribution in [0.5, 0.6) is 11.5 Å². The molecule has 0 aliphatic carbocycles. The van der Waals surface area contributed by atoms with Gasteiger partial charge in [0.05, 0.1) is 39.8 Å². The summed E-state index contributed by atoms with van der Waals surface area (Å²) >= 11 is 6.78. The average Bonchev–Trinajstić information content (AvgIpc) is 3.42. The predicted molar refractivity (Wildman–Crippen MR) is 204 cm³/mol.